The van der Waals surface area contributed by atoms with Crippen LogP contribution < -0.4 is 0 Å². The highest BCUT2D eigenvalue weighted by molar-refractivity contribution is 4.50. The summed E-state index contributed by atoms with van der Waals surface area (Å²) in [6, 6.07) is 0. The molecule has 0 aromatic heterocycles. The SMILES string of the molecule is CC(C)CCOC(O)CC(C)O. The maximum absolute atomic E-state index is 9.15. The van der Waals surface area contributed by atoms with Crippen LogP contribution in [0.25, 0.3) is 0 Å². The lowest BCUT2D eigenvalue weighted by atomic mass is 10.1. The van der Waals surface area contributed by atoms with E-state index in [1.165, 1.54) is 0 Å². The lowest BCUT2D eigenvalue weighted by molar-refractivity contribution is -0.119. The van der Waals surface area contributed by atoms with E-state index in [4.69, 9.17) is 14.9 Å². The summed E-state index contributed by atoms with van der Waals surface area (Å²) in [5.74, 6) is 0.587. The Morgan fingerprint density at radius 3 is 2.17 bits per heavy atom. The molecule has 0 fully saturated rings. The van der Waals surface area contributed by atoms with Gasteiger partial charge >= 0.3 is 0 Å². The zero-order chi connectivity index (χ0) is 9.56. The van der Waals surface area contributed by atoms with Gasteiger partial charge in [-0.3, -0.25) is 0 Å². The highest BCUT2D eigenvalue weighted by Crippen LogP contribution is 2.03. The van der Waals surface area contributed by atoms with Gasteiger partial charge in [0.2, 0.25) is 0 Å². The fourth-order valence-electron chi connectivity index (χ4n) is 0.800. The Morgan fingerprint density at radius 1 is 1.17 bits per heavy atom. The van der Waals surface area contributed by atoms with E-state index in [0.717, 1.165) is 6.42 Å². The van der Waals surface area contributed by atoms with Gasteiger partial charge in [-0.2, -0.15) is 0 Å². The number of ether oxygens (including phenoxy) is 1. The summed E-state index contributed by atoms with van der Waals surface area (Å²) in [6.45, 7) is 6.40. The van der Waals surface area contributed by atoms with Crippen LogP contribution in [0.5, 0.6) is 0 Å². The number of hydrogen-bond donors (Lipinski definition) is 2. The molecule has 0 bridgehead atoms. The smallest absolute Gasteiger partial charge is 0.156 e. The van der Waals surface area contributed by atoms with Crippen molar-refractivity contribution in [1.29, 1.82) is 0 Å². The molecule has 0 aliphatic heterocycles. The van der Waals surface area contributed by atoms with E-state index in [1.54, 1.807) is 6.92 Å². The third-order valence-corrected chi connectivity index (χ3v) is 1.55. The second-order valence-corrected chi connectivity index (χ2v) is 3.59. The van der Waals surface area contributed by atoms with Crippen molar-refractivity contribution in [2.75, 3.05) is 6.61 Å². The molecule has 0 radical (unpaired) electrons. The van der Waals surface area contributed by atoms with Crippen molar-refractivity contribution in [1.82, 2.24) is 0 Å². The van der Waals surface area contributed by atoms with Gasteiger partial charge in [-0.25, -0.2) is 0 Å². The van der Waals surface area contributed by atoms with Crippen molar-refractivity contribution >= 4 is 0 Å². The Hall–Kier alpha value is -0.120. The number of rotatable bonds is 6. The number of aliphatic hydroxyl groups excluding tert-OH is 2. The zero-order valence-corrected chi connectivity index (χ0v) is 8.16. The molecule has 74 valence electrons. The minimum atomic E-state index is -0.816. The molecule has 0 rings (SSSR count). The van der Waals surface area contributed by atoms with Crippen LogP contribution in [0, 0.1) is 5.92 Å². The van der Waals surface area contributed by atoms with Crippen LogP contribution in [0.15, 0.2) is 0 Å². The highest BCUT2D eigenvalue weighted by Gasteiger charge is 2.07. The van der Waals surface area contributed by atoms with Gasteiger partial charge in [0.15, 0.2) is 6.29 Å². The molecule has 3 heteroatoms. The zero-order valence-electron chi connectivity index (χ0n) is 8.16. The summed E-state index contributed by atoms with van der Waals surface area (Å²) in [6.07, 6.45) is -0.0857. The molecule has 12 heavy (non-hydrogen) atoms. The molecule has 0 amide bonds. The average Bonchev–Trinajstić information content (AvgIpc) is 1.84. The topological polar surface area (TPSA) is 49.7 Å². The first-order valence-corrected chi connectivity index (χ1v) is 4.50. The summed E-state index contributed by atoms with van der Waals surface area (Å²) >= 11 is 0. The second-order valence-electron chi connectivity index (χ2n) is 3.59. The molecule has 0 heterocycles. The third kappa shape index (κ3) is 7.98. The molecule has 2 N–H and O–H groups in total. The van der Waals surface area contributed by atoms with E-state index >= 15 is 0 Å². The van der Waals surface area contributed by atoms with Gasteiger partial charge in [-0.15, -0.1) is 0 Å². The Morgan fingerprint density at radius 2 is 1.75 bits per heavy atom. The fourth-order valence-corrected chi connectivity index (χ4v) is 0.800. The maximum atomic E-state index is 9.15. The van der Waals surface area contributed by atoms with Crippen molar-refractivity contribution in [3.63, 3.8) is 0 Å². The first-order chi connectivity index (χ1) is 5.52. The minimum absolute atomic E-state index is 0.290. The van der Waals surface area contributed by atoms with Crippen LogP contribution in [-0.4, -0.2) is 29.2 Å². The van der Waals surface area contributed by atoms with Crippen molar-refractivity contribution in [3.8, 4) is 0 Å². The van der Waals surface area contributed by atoms with Crippen molar-refractivity contribution in [2.24, 2.45) is 5.92 Å². The summed E-state index contributed by atoms with van der Waals surface area (Å²) in [7, 11) is 0. The van der Waals surface area contributed by atoms with Crippen molar-refractivity contribution in [3.05, 3.63) is 0 Å². The second kappa shape index (κ2) is 6.40. The first kappa shape index (κ1) is 11.9. The minimum Gasteiger partial charge on any atom is -0.393 e. The lowest BCUT2D eigenvalue weighted by Gasteiger charge is -2.14. The molecular formula is C9H20O3. The van der Waals surface area contributed by atoms with Gasteiger partial charge in [-0.05, 0) is 19.3 Å². The van der Waals surface area contributed by atoms with E-state index in [0.29, 0.717) is 12.5 Å². The molecular weight excluding hydrogens is 156 g/mol. The number of hydrogen-bond acceptors (Lipinski definition) is 3. The van der Waals surface area contributed by atoms with Gasteiger partial charge in [0.25, 0.3) is 0 Å². The molecule has 2 unspecified atom stereocenters. The average molecular weight is 176 g/mol. The van der Waals surface area contributed by atoms with Gasteiger partial charge in [0.05, 0.1) is 6.10 Å². The van der Waals surface area contributed by atoms with Crippen molar-refractivity contribution < 1.29 is 14.9 Å². The Labute approximate surface area is 74.4 Å². The largest absolute Gasteiger partial charge is 0.393 e. The predicted molar refractivity (Wildman–Crippen MR) is 47.7 cm³/mol. The van der Waals surface area contributed by atoms with Crippen LogP contribution in [0.4, 0.5) is 0 Å². The number of aliphatic hydroxyl groups is 2. The van der Waals surface area contributed by atoms with Crippen LogP contribution >= 0.6 is 0 Å². The van der Waals surface area contributed by atoms with Gasteiger partial charge in [0.1, 0.15) is 0 Å². The normalized spacial score (nSPS) is 16.5. The third-order valence-electron chi connectivity index (χ3n) is 1.55. The molecule has 2 atom stereocenters. The molecule has 0 saturated carbocycles. The van der Waals surface area contributed by atoms with Crippen LogP contribution in [-0.2, 0) is 4.74 Å². The van der Waals surface area contributed by atoms with E-state index in [9.17, 15) is 0 Å². The molecule has 3 nitrogen and oxygen atoms in total. The fraction of sp³-hybridized carbons (Fsp3) is 1.00. The Bertz CT molecular complexity index is 102. The highest BCUT2D eigenvalue weighted by atomic mass is 16.6. The lowest BCUT2D eigenvalue weighted by Crippen LogP contribution is -2.19. The standard InChI is InChI=1S/C9H20O3/c1-7(2)4-5-12-9(11)6-8(3)10/h7-11H,4-6H2,1-3H3. The van der Waals surface area contributed by atoms with Crippen LogP contribution in [0.2, 0.25) is 0 Å². The van der Waals surface area contributed by atoms with Gasteiger partial charge in [0, 0.05) is 13.0 Å². The summed E-state index contributed by atoms with van der Waals surface area (Å²) < 4.78 is 5.06. The Kier molecular flexibility index (Phi) is 6.34. The molecule has 0 saturated heterocycles. The van der Waals surface area contributed by atoms with E-state index < -0.39 is 12.4 Å². The van der Waals surface area contributed by atoms with Crippen molar-refractivity contribution in [2.45, 2.75) is 46.0 Å². The van der Waals surface area contributed by atoms with Crippen LogP contribution in [0.1, 0.15) is 33.6 Å². The first-order valence-electron chi connectivity index (χ1n) is 4.50. The molecule has 0 aromatic rings. The molecule has 0 aliphatic rings. The maximum Gasteiger partial charge on any atom is 0.156 e. The van der Waals surface area contributed by atoms with Crippen LogP contribution in [0.3, 0.4) is 0 Å². The van der Waals surface area contributed by atoms with E-state index in [-0.39, 0.29) is 6.42 Å². The molecule has 0 aromatic carbocycles. The Balaban J connectivity index is 3.25. The predicted octanol–water partition coefficient (Wildman–Crippen LogP) is 1.14. The summed E-state index contributed by atoms with van der Waals surface area (Å²) in [5.41, 5.74) is 0. The van der Waals surface area contributed by atoms with Gasteiger partial charge in [-0.1, -0.05) is 13.8 Å². The van der Waals surface area contributed by atoms with Gasteiger partial charge < -0.3 is 14.9 Å². The van der Waals surface area contributed by atoms with E-state index in [1.807, 2.05) is 0 Å². The molecule has 0 spiro atoms. The quantitative estimate of drug-likeness (QED) is 0.597. The monoisotopic (exact) mass is 176 g/mol. The van der Waals surface area contributed by atoms with E-state index in [2.05, 4.69) is 13.8 Å². The summed E-state index contributed by atoms with van der Waals surface area (Å²) in [5, 5.41) is 18.0. The summed E-state index contributed by atoms with van der Waals surface area (Å²) in [4.78, 5) is 0. The molecule has 0 aliphatic carbocycles.